The van der Waals surface area contributed by atoms with Crippen LogP contribution < -0.4 is 5.32 Å². The van der Waals surface area contributed by atoms with Crippen LogP contribution in [0.15, 0.2) is 10.8 Å². The highest BCUT2D eigenvalue weighted by Gasteiger charge is 2.09. The first-order chi connectivity index (χ1) is 5.22. The van der Waals surface area contributed by atoms with Crippen LogP contribution in [-0.4, -0.2) is 18.9 Å². The monoisotopic (exact) mass is 172 g/mol. The van der Waals surface area contributed by atoms with E-state index >= 15 is 0 Å². The SMILES string of the molecule is CC(=N)/C(S)=C1\NCCCO1. The van der Waals surface area contributed by atoms with Crippen molar-refractivity contribution < 1.29 is 4.74 Å². The minimum atomic E-state index is 0.428. The maximum atomic E-state index is 7.28. The second-order valence-electron chi connectivity index (χ2n) is 2.43. The third-order valence-electron chi connectivity index (χ3n) is 1.42. The fourth-order valence-corrected chi connectivity index (χ4v) is 0.965. The van der Waals surface area contributed by atoms with Gasteiger partial charge in [0.05, 0.1) is 11.5 Å². The molecule has 0 aromatic carbocycles. The molecule has 1 saturated heterocycles. The number of rotatable bonds is 1. The van der Waals surface area contributed by atoms with Gasteiger partial charge in [0.15, 0.2) is 0 Å². The molecule has 0 bridgehead atoms. The van der Waals surface area contributed by atoms with E-state index in [2.05, 4.69) is 17.9 Å². The molecule has 2 N–H and O–H groups in total. The minimum absolute atomic E-state index is 0.428. The molecular formula is C7H12N2OS. The Kier molecular flexibility index (Phi) is 2.82. The van der Waals surface area contributed by atoms with Crippen LogP contribution in [0, 0.1) is 5.41 Å². The predicted molar refractivity (Wildman–Crippen MR) is 48.0 cm³/mol. The van der Waals surface area contributed by atoms with Crippen molar-refractivity contribution in [3.8, 4) is 0 Å². The number of hydrogen-bond acceptors (Lipinski definition) is 4. The average Bonchev–Trinajstić information content (AvgIpc) is 2.05. The smallest absolute Gasteiger partial charge is 0.202 e. The van der Waals surface area contributed by atoms with Gasteiger partial charge in [-0.3, -0.25) is 0 Å². The van der Waals surface area contributed by atoms with Crippen molar-refractivity contribution in [2.45, 2.75) is 13.3 Å². The zero-order valence-corrected chi connectivity index (χ0v) is 7.37. The maximum absolute atomic E-state index is 7.28. The normalized spacial score (nSPS) is 21.6. The Bertz CT molecular complexity index is 193. The minimum Gasteiger partial charge on any atom is -0.478 e. The third kappa shape index (κ3) is 2.15. The lowest BCUT2D eigenvalue weighted by Crippen LogP contribution is -2.26. The zero-order valence-electron chi connectivity index (χ0n) is 6.48. The summed E-state index contributed by atoms with van der Waals surface area (Å²) >= 11 is 4.14. The van der Waals surface area contributed by atoms with Crippen molar-refractivity contribution in [1.82, 2.24) is 5.32 Å². The Balaban J connectivity index is 2.68. The Morgan fingerprint density at radius 3 is 2.91 bits per heavy atom. The second kappa shape index (κ2) is 3.67. The van der Waals surface area contributed by atoms with Gasteiger partial charge >= 0.3 is 0 Å². The standard InChI is InChI=1S/C7H12N2OS/c1-5(8)6(11)7-9-3-2-4-10-7/h8-9,11H,2-4H2,1H3/b7-6-,8-5?. The molecule has 0 aromatic heterocycles. The Labute approximate surface area is 71.7 Å². The quantitative estimate of drug-likeness (QED) is 0.410. The number of hydrogen-bond donors (Lipinski definition) is 3. The van der Waals surface area contributed by atoms with Gasteiger partial charge in [0.2, 0.25) is 5.88 Å². The highest BCUT2D eigenvalue weighted by Crippen LogP contribution is 2.12. The maximum Gasteiger partial charge on any atom is 0.202 e. The summed E-state index contributed by atoms with van der Waals surface area (Å²) in [6.45, 7) is 3.32. The van der Waals surface area contributed by atoms with Crippen LogP contribution in [-0.2, 0) is 4.74 Å². The average molecular weight is 172 g/mol. The van der Waals surface area contributed by atoms with Crippen molar-refractivity contribution in [2.24, 2.45) is 0 Å². The van der Waals surface area contributed by atoms with E-state index in [0.29, 0.717) is 16.5 Å². The van der Waals surface area contributed by atoms with E-state index in [4.69, 9.17) is 10.1 Å². The molecule has 4 heteroatoms. The van der Waals surface area contributed by atoms with Crippen molar-refractivity contribution >= 4 is 18.3 Å². The van der Waals surface area contributed by atoms with Crippen molar-refractivity contribution in [1.29, 1.82) is 5.41 Å². The first-order valence-electron chi connectivity index (χ1n) is 3.57. The molecule has 1 aliphatic rings. The van der Waals surface area contributed by atoms with Gasteiger partial charge in [0.25, 0.3) is 0 Å². The van der Waals surface area contributed by atoms with E-state index in [1.807, 2.05) is 0 Å². The molecule has 3 nitrogen and oxygen atoms in total. The Morgan fingerprint density at radius 1 is 1.73 bits per heavy atom. The van der Waals surface area contributed by atoms with Gasteiger partial charge in [-0.25, -0.2) is 0 Å². The van der Waals surface area contributed by atoms with Gasteiger partial charge in [-0.05, 0) is 13.3 Å². The number of ether oxygens (including phenoxy) is 1. The summed E-state index contributed by atoms with van der Waals surface area (Å²) in [6, 6.07) is 0. The van der Waals surface area contributed by atoms with Crippen LogP contribution >= 0.6 is 12.6 Å². The molecule has 0 saturated carbocycles. The molecule has 0 aliphatic carbocycles. The van der Waals surface area contributed by atoms with Gasteiger partial charge in [-0.15, -0.1) is 12.6 Å². The topological polar surface area (TPSA) is 45.1 Å². The van der Waals surface area contributed by atoms with Crippen LogP contribution in [0.1, 0.15) is 13.3 Å². The lowest BCUT2D eigenvalue weighted by atomic mass is 10.3. The first kappa shape index (κ1) is 8.46. The van der Waals surface area contributed by atoms with E-state index in [-0.39, 0.29) is 0 Å². The van der Waals surface area contributed by atoms with E-state index in [0.717, 1.165) is 19.6 Å². The Hall–Kier alpha value is -0.640. The van der Waals surface area contributed by atoms with E-state index in [1.165, 1.54) is 0 Å². The summed E-state index contributed by atoms with van der Waals surface area (Å²) in [6.07, 6.45) is 1.02. The molecule has 1 heterocycles. The molecule has 0 radical (unpaired) electrons. The van der Waals surface area contributed by atoms with Gasteiger partial charge in [-0.1, -0.05) is 0 Å². The summed E-state index contributed by atoms with van der Waals surface area (Å²) in [5, 5.41) is 10.3. The number of allylic oxidation sites excluding steroid dienone is 1. The van der Waals surface area contributed by atoms with Crippen LogP contribution in [0.25, 0.3) is 0 Å². The largest absolute Gasteiger partial charge is 0.478 e. The lowest BCUT2D eigenvalue weighted by Gasteiger charge is -2.19. The summed E-state index contributed by atoms with van der Waals surface area (Å²) in [7, 11) is 0. The van der Waals surface area contributed by atoms with E-state index < -0.39 is 0 Å². The highest BCUT2D eigenvalue weighted by molar-refractivity contribution is 7.85. The van der Waals surface area contributed by atoms with E-state index in [1.54, 1.807) is 6.92 Å². The van der Waals surface area contributed by atoms with Gasteiger partial charge in [0, 0.05) is 12.3 Å². The lowest BCUT2D eigenvalue weighted by molar-refractivity contribution is 0.157. The predicted octanol–water partition coefficient (Wildman–Crippen LogP) is 1.13. The number of thiol groups is 1. The van der Waals surface area contributed by atoms with Gasteiger partial charge < -0.3 is 15.5 Å². The van der Waals surface area contributed by atoms with Gasteiger partial charge in [0.1, 0.15) is 0 Å². The molecule has 0 atom stereocenters. The molecule has 0 amide bonds. The Morgan fingerprint density at radius 2 is 2.45 bits per heavy atom. The molecule has 62 valence electrons. The van der Waals surface area contributed by atoms with Crippen LogP contribution in [0.4, 0.5) is 0 Å². The summed E-state index contributed by atoms with van der Waals surface area (Å²) < 4.78 is 5.25. The molecule has 1 rings (SSSR count). The molecule has 0 aromatic rings. The number of nitrogens with one attached hydrogen (secondary N) is 2. The second-order valence-corrected chi connectivity index (χ2v) is 2.88. The van der Waals surface area contributed by atoms with Gasteiger partial charge in [-0.2, -0.15) is 0 Å². The summed E-state index contributed by atoms with van der Waals surface area (Å²) in [4.78, 5) is 0.602. The molecule has 11 heavy (non-hydrogen) atoms. The molecule has 1 fully saturated rings. The summed E-state index contributed by atoms with van der Waals surface area (Å²) in [5.41, 5.74) is 0.428. The van der Waals surface area contributed by atoms with E-state index in [9.17, 15) is 0 Å². The molecule has 0 unspecified atom stereocenters. The fraction of sp³-hybridized carbons (Fsp3) is 0.571. The van der Waals surface area contributed by atoms with Crippen molar-refractivity contribution in [3.05, 3.63) is 10.8 Å². The molecule has 1 aliphatic heterocycles. The third-order valence-corrected chi connectivity index (χ3v) is 1.96. The van der Waals surface area contributed by atoms with Crippen molar-refractivity contribution in [2.75, 3.05) is 13.2 Å². The van der Waals surface area contributed by atoms with Crippen molar-refractivity contribution in [3.63, 3.8) is 0 Å². The fourth-order valence-electron chi connectivity index (χ4n) is 0.822. The van der Waals surface area contributed by atoms with Crippen LogP contribution in [0.2, 0.25) is 0 Å². The molecule has 0 spiro atoms. The highest BCUT2D eigenvalue weighted by atomic mass is 32.1. The van der Waals surface area contributed by atoms with Crippen LogP contribution in [0.3, 0.4) is 0 Å². The van der Waals surface area contributed by atoms with Crippen LogP contribution in [0.5, 0.6) is 0 Å². The first-order valence-corrected chi connectivity index (χ1v) is 4.02. The zero-order chi connectivity index (χ0) is 8.27. The summed E-state index contributed by atoms with van der Waals surface area (Å²) in [5.74, 6) is 0.645. The molecular weight excluding hydrogens is 160 g/mol.